The number of alkyl halides is 1. The molecule has 3 heterocycles. The Kier molecular flexibility index (Phi) is 12.4. The van der Waals surface area contributed by atoms with Crippen molar-refractivity contribution >= 4 is 69.7 Å². The smallest absolute Gasteiger partial charge is 0.468 e. The number of esters is 1. The third-order valence-corrected chi connectivity index (χ3v) is 11.9. The topological polar surface area (TPSA) is 266 Å². The molecule has 3 aromatic rings. The van der Waals surface area contributed by atoms with Gasteiger partial charge in [-0.1, -0.05) is 18.2 Å². The number of phosphoric ester groups is 1. The van der Waals surface area contributed by atoms with Gasteiger partial charge in [-0.05, 0) is 42.2 Å². The quantitative estimate of drug-likeness (QED) is 0.0797. The Morgan fingerprint density at radius 3 is 2.57 bits per heavy atom. The molecule has 1 fully saturated rings. The molecule has 1 aliphatic rings. The molecule has 0 radical (unpaired) electrons. The molecule has 4 rings (SSSR count). The number of nitrogens with two attached hydrogens (primary N) is 1. The lowest BCUT2D eigenvalue weighted by Gasteiger charge is -2.25. The van der Waals surface area contributed by atoms with Gasteiger partial charge < -0.3 is 34.6 Å². The highest BCUT2D eigenvalue weighted by molar-refractivity contribution is 7.98. The predicted molar refractivity (Wildman–Crippen MR) is 164 cm³/mol. The third kappa shape index (κ3) is 9.70. The number of rotatable bonds is 16. The molecular weight excluding hydrogens is 736 g/mol. The van der Waals surface area contributed by atoms with Crippen LogP contribution in [-0.2, 0) is 41.1 Å². The molecule has 19 nitrogen and oxygen atoms in total. The van der Waals surface area contributed by atoms with Crippen molar-refractivity contribution in [3.63, 3.8) is 0 Å². The summed E-state index contributed by atoms with van der Waals surface area (Å²) in [7, 11) is -15.5. The van der Waals surface area contributed by atoms with Crippen LogP contribution in [0.4, 0.5) is 10.2 Å². The second kappa shape index (κ2) is 15.6. The van der Waals surface area contributed by atoms with E-state index in [-0.39, 0.29) is 34.4 Å². The SMILES string of the molecule is COC(=O)[C@H](CCSC)NP(=O)(Oc1ccccc1)OP(=O)(O)OP(=O)(O)OC[C@H]1O[C@@H](n2cnc3c(N)nc(Cl)nc32)C(F)[C@H]1O. The number of halogens is 2. The number of thioether (sulfide) groups is 1. The summed E-state index contributed by atoms with van der Waals surface area (Å²) in [4.78, 5) is 44.5. The number of fused-ring (bicyclic) bond motifs is 1. The fourth-order valence-electron chi connectivity index (χ4n) is 4.13. The first-order valence-corrected chi connectivity index (χ1v) is 19.4. The normalized spacial score (nSPS) is 24.2. The van der Waals surface area contributed by atoms with Gasteiger partial charge in [-0.2, -0.15) is 35.4 Å². The molecule has 260 valence electrons. The zero-order valence-electron chi connectivity index (χ0n) is 24.3. The van der Waals surface area contributed by atoms with Gasteiger partial charge in [-0.15, -0.1) is 0 Å². The van der Waals surface area contributed by atoms with Gasteiger partial charge in [0.25, 0.3) is 0 Å². The maximum Gasteiger partial charge on any atom is 0.490 e. The van der Waals surface area contributed by atoms with Crippen LogP contribution in [0.1, 0.15) is 12.6 Å². The lowest BCUT2D eigenvalue weighted by atomic mass is 10.1. The van der Waals surface area contributed by atoms with E-state index >= 15 is 4.39 Å². The van der Waals surface area contributed by atoms with Gasteiger partial charge in [0.05, 0.1) is 20.0 Å². The number of aromatic nitrogens is 4. The molecule has 0 spiro atoms. The predicted octanol–water partition coefficient (Wildman–Crippen LogP) is 2.98. The van der Waals surface area contributed by atoms with Crippen molar-refractivity contribution in [2.75, 3.05) is 31.5 Å². The molecule has 25 heteroatoms. The lowest BCUT2D eigenvalue weighted by molar-refractivity contribution is -0.142. The number of benzene rings is 1. The van der Waals surface area contributed by atoms with Gasteiger partial charge in [0.2, 0.25) is 5.28 Å². The average Bonchev–Trinajstić information content (AvgIpc) is 3.53. The molecule has 1 aliphatic heterocycles. The fraction of sp³-hybridized carbons (Fsp3) is 0.455. The van der Waals surface area contributed by atoms with Crippen LogP contribution in [0, 0.1) is 0 Å². The van der Waals surface area contributed by atoms with Crippen molar-refractivity contribution in [2.45, 2.75) is 37.1 Å². The van der Waals surface area contributed by atoms with Gasteiger partial charge in [0, 0.05) is 0 Å². The number of para-hydroxylation sites is 1. The Bertz CT molecular complexity index is 1710. The minimum Gasteiger partial charge on any atom is -0.468 e. The monoisotopic (exact) mass is 764 g/mol. The fourth-order valence-corrected chi connectivity index (χ4v) is 9.20. The molecular formula is C22H29ClFN6O13P3S. The molecule has 2 aromatic heterocycles. The zero-order valence-corrected chi connectivity index (χ0v) is 28.5. The third-order valence-electron chi connectivity index (χ3n) is 6.19. The Hall–Kier alpha value is -2.22. The van der Waals surface area contributed by atoms with Gasteiger partial charge in [0.1, 0.15) is 29.5 Å². The lowest BCUT2D eigenvalue weighted by Crippen LogP contribution is -2.37. The van der Waals surface area contributed by atoms with Crippen LogP contribution in [0.3, 0.4) is 0 Å². The van der Waals surface area contributed by atoms with E-state index in [0.29, 0.717) is 5.75 Å². The number of hydrogen-bond donors (Lipinski definition) is 5. The molecule has 1 saturated heterocycles. The largest absolute Gasteiger partial charge is 0.490 e. The second-order valence-electron chi connectivity index (χ2n) is 9.49. The van der Waals surface area contributed by atoms with Crippen LogP contribution in [0.2, 0.25) is 5.28 Å². The minimum absolute atomic E-state index is 0.0000478. The van der Waals surface area contributed by atoms with Crippen LogP contribution >= 0.6 is 46.8 Å². The van der Waals surface area contributed by atoms with E-state index in [9.17, 15) is 33.4 Å². The number of carbonyl (C=O) groups is 1. The van der Waals surface area contributed by atoms with Gasteiger partial charge >= 0.3 is 29.4 Å². The number of aliphatic hydroxyl groups excluding tert-OH is 1. The van der Waals surface area contributed by atoms with Crippen molar-refractivity contribution < 1.29 is 64.9 Å². The van der Waals surface area contributed by atoms with Crippen LogP contribution in [0.25, 0.3) is 11.2 Å². The summed E-state index contributed by atoms with van der Waals surface area (Å²) in [6.45, 7) is -1.06. The molecule has 4 unspecified atom stereocenters. The van der Waals surface area contributed by atoms with Crippen molar-refractivity contribution in [3.05, 3.63) is 41.9 Å². The van der Waals surface area contributed by atoms with Crippen LogP contribution in [0.15, 0.2) is 36.7 Å². The van der Waals surface area contributed by atoms with E-state index in [1.807, 2.05) is 0 Å². The van der Waals surface area contributed by atoms with Crippen molar-refractivity contribution in [1.82, 2.24) is 24.6 Å². The summed E-state index contributed by atoms with van der Waals surface area (Å²) < 4.78 is 84.5. The minimum atomic E-state index is -5.84. The summed E-state index contributed by atoms with van der Waals surface area (Å²) in [5.74, 6) is -0.846. The number of nitrogens with zero attached hydrogens (tertiary/aromatic N) is 4. The molecule has 0 amide bonds. The van der Waals surface area contributed by atoms with Gasteiger partial charge in [-0.25, -0.2) is 23.1 Å². The average molecular weight is 765 g/mol. The highest BCUT2D eigenvalue weighted by atomic mass is 35.5. The Labute approximate surface area is 275 Å². The highest BCUT2D eigenvalue weighted by Gasteiger charge is 2.49. The van der Waals surface area contributed by atoms with E-state index in [0.717, 1.165) is 18.0 Å². The molecule has 0 bridgehead atoms. The second-order valence-corrected chi connectivity index (χ2v) is 15.7. The summed E-state index contributed by atoms with van der Waals surface area (Å²) in [5.41, 5.74) is 5.76. The number of imidazole rings is 1. The summed E-state index contributed by atoms with van der Waals surface area (Å²) >= 11 is 7.15. The van der Waals surface area contributed by atoms with Gasteiger partial charge in [-0.3, -0.25) is 13.9 Å². The summed E-state index contributed by atoms with van der Waals surface area (Å²) in [6.07, 6.45) is -4.54. The number of anilines is 1. The maximum absolute atomic E-state index is 15.1. The summed E-state index contributed by atoms with van der Waals surface area (Å²) in [6, 6.07) is 5.74. The first kappa shape index (κ1) is 37.6. The van der Waals surface area contributed by atoms with Crippen molar-refractivity contribution in [2.24, 2.45) is 0 Å². The maximum atomic E-state index is 15.1. The molecule has 47 heavy (non-hydrogen) atoms. The van der Waals surface area contributed by atoms with E-state index in [2.05, 4.69) is 33.6 Å². The molecule has 0 saturated carbocycles. The van der Waals surface area contributed by atoms with Gasteiger partial charge in [0.15, 0.2) is 23.9 Å². The molecule has 0 aliphatic carbocycles. The number of carbonyl (C=O) groups excluding carboxylic acids is 1. The number of nitrogens with one attached hydrogen (secondary N) is 1. The highest BCUT2D eigenvalue weighted by Crippen LogP contribution is 2.67. The molecule has 1 aromatic carbocycles. The standard InChI is InChI=1S/C22H29ClFN6O13P3S/c1-38-21(32)13(8-9-47-2)29-44(33,41-12-6-4-3-5-7-12)42-46(36,37)43-45(34,35)39-10-14-17(31)15(24)20(40-14)30-11-26-16-18(25)27-22(23)28-19(16)30/h3-7,11,13-15,17,20,31H,8-10H2,1-2H3,(H,29,33)(H,34,35)(H,36,37)(H2,25,27,28)/t13-,14+,15?,17-,20+,44?/m0/s1. The zero-order chi connectivity index (χ0) is 34.6. The Balaban J connectivity index is 1.46. The Morgan fingerprint density at radius 2 is 1.91 bits per heavy atom. The van der Waals surface area contributed by atoms with Crippen molar-refractivity contribution in [1.29, 1.82) is 0 Å². The molecule has 8 atom stereocenters. The van der Waals surface area contributed by atoms with Crippen LogP contribution < -0.4 is 15.3 Å². The Morgan fingerprint density at radius 1 is 1.21 bits per heavy atom. The number of ether oxygens (including phenoxy) is 2. The number of aliphatic hydroxyl groups is 1. The van der Waals surface area contributed by atoms with E-state index in [1.165, 1.54) is 36.0 Å². The van der Waals surface area contributed by atoms with E-state index in [4.69, 9.17) is 30.9 Å². The number of nitrogen functional groups attached to an aromatic ring is 1. The van der Waals surface area contributed by atoms with E-state index in [1.54, 1.807) is 12.3 Å². The summed E-state index contributed by atoms with van der Waals surface area (Å²) in [5, 5.41) is 12.3. The number of methoxy groups -OCH3 is 1. The number of hydrogen-bond acceptors (Lipinski definition) is 16. The van der Waals surface area contributed by atoms with Crippen LogP contribution in [-0.4, -0.2) is 90.5 Å². The van der Waals surface area contributed by atoms with Crippen LogP contribution in [0.5, 0.6) is 5.75 Å². The van der Waals surface area contributed by atoms with Crippen molar-refractivity contribution in [3.8, 4) is 5.75 Å². The first-order valence-electron chi connectivity index (χ1n) is 13.1. The number of phosphoric acid groups is 2. The molecule has 6 N–H and O–H groups in total. The van der Waals surface area contributed by atoms with E-state index < -0.39 is 66.6 Å². The first-order chi connectivity index (χ1) is 22.1.